The molecule has 1 aliphatic carbocycles. The molecule has 1 heterocycles. The predicted octanol–water partition coefficient (Wildman–Crippen LogP) is 4.39. The standard InChI is InChI=1S/C17H21F3N2O3S/c1-11-8-12(2)14(22-26(23,24)17(18,19)20)9-13(11)15-10-16(25-21-15)6-4-3-5-7-16/h8-9,22H,3-7,10H2,1-2H3. The van der Waals surface area contributed by atoms with Gasteiger partial charge in [-0.25, -0.2) is 0 Å². The van der Waals surface area contributed by atoms with Crippen molar-refractivity contribution in [3.05, 3.63) is 28.8 Å². The number of anilines is 1. The van der Waals surface area contributed by atoms with Gasteiger partial charge in [0.15, 0.2) is 0 Å². The molecule has 2 aliphatic rings. The topological polar surface area (TPSA) is 67.8 Å². The van der Waals surface area contributed by atoms with Crippen LogP contribution in [0.1, 0.15) is 55.2 Å². The van der Waals surface area contributed by atoms with E-state index in [1.54, 1.807) is 17.7 Å². The quantitative estimate of drug-likeness (QED) is 0.832. The molecule has 1 aromatic carbocycles. The summed E-state index contributed by atoms with van der Waals surface area (Å²) in [6.07, 6.45) is 5.67. The molecule has 0 amide bonds. The summed E-state index contributed by atoms with van der Waals surface area (Å²) in [6, 6.07) is 3.07. The molecule has 3 rings (SSSR count). The Hall–Kier alpha value is -1.77. The molecule has 9 heteroatoms. The molecule has 1 saturated carbocycles. The second kappa shape index (κ2) is 6.44. The van der Waals surface area contributed by atoms with E-state index in [1.807, 2.05) is 6.92 Å². The van der Waals surface area contributed by atoms with Crippen LogP contribution in [0.15, 0.2) is 17.3 Å². The summed E-state index contributed by atoms with van der Waals surface area (Å²) in [6.45, 7) is 3.37. The monoisotopic (exact) mass is 390 g/mol. The van der Waals surface area contributed by atoms with E-state index in [0.717, 1.165) is 37.7 Å². The molecular formula is C17H21F3N2O3S. The van der Waals surface area contributed by atoms with Gasteiger partial charge in [-0.3, -0.25) is 4.72 Å². The highest BCUT2D eigenvalue weighted by atomic mass is 32.2. The van der Waals surface area contributed by atoms with Gasteiger partial charge in [-0.15, -0.1) is 0 Å². The first kappa shape index (κ1) is 19.0. The number of oxime groups is 1. The Morgan fingerprint density at radius 2 is 1.77 bits per heavy atom. The van der Waals surface area contributed by atoms with Gasteiger partial charge in [0.05, 0.1) is 11.4 Å². The lowest BCUT2D eigenvalue weighted by atomic mass is 9.80. The molecule has 0 bridgehead atoms. The number of rotatable bonds is 3. The molecule has 144 valence electrons. The van der Waals surface area contributed by atoms with Gasteiger partial charge in [-0.05, 0) is 56.7 Å². The van der Waals surface area contributed by atoms with Crippen LogP contribution in [0.2, 0.25) is 0 Å². The third-order valence-electron chi connectivity index (χ3n) is 5.04. The van der Waals surface area contributed by atoms with E-state index in [4.69, 9.17) is 4.84 Å². The van der Waals surface area contributed by atoms with Gasteiger partial charge >= 0.3 is 15.5 Å². The van der Waals surface area contributed by atoms with Crippen LogP contribution in [0, 0.1) is 13.8 Å². The van der Waals surface area contributed by atoms with Crippen LogP contribution in [0.25, 0.3) is 0 Å². The van der Waals surface area contributed by atoms with Crippen molar-refractivity contribution < 1.29 is 26.4 Å². The second-order valence-electron chi connectivity index (χ2n) is 7.08. The number of aryl methyl sites for hydroxylation is 2. The maximum Gasteiger partial charge on any atom is 0.516 e. The average Bonchev–Trinajstić information content (AvgIpc) is 2.93. The average molecular weight is 390 g/mol. The lowest BCUT2D eigenvalue weighted by Gasteiger charge is -2.30. The van der Waals surface area contributed by atoms with Crippen molar-refractivity contribution in [3.63, 3.8) is 0 Å². The van der Waals surface area contributed by atoms with Crippen molar-refractivity contribution in [2.75, 3.05) is 4.72 Å². The van der Waals surface area contributed by atoms with Crippen LogP contribution >= 0.6 is 0 Å². The van der Waals surface area contributed by atoms with Crippen LogP contribution in [0.5, 0.6) is 0 Å². The maximum absolute atomic E-state index is 12.7. The largest absolute Gasteiger partial charge is 0.516 e. The Labute approximate surface area is 150 Å². The van der Waals surface area contributed by atoms with E-state index in [0.29, 0.717) is 23.3 Å². The highest BCUT2D eigenvalue weighted by Crippen LogP contribution is 2.40. The smallest absolute Gasteiger partial charge is 0.389 e. The Morgan fingerprint density at radius 1 is 1.12 bits per heavy atom. The summed E-state index contributed by atoms with van der Waals surface area (Å²) >= 11 is 0. The first-order valence-electron chi connectivity index (χ1n) is 8.49. The van der Waals surface area contributed by atoms with Gasteiger partial charge in [0, 0.05) is 12.0 Å². The fourth-order valence-corrected chi connectivity index (χ4v) is 4.23. The van der Waals surface area contributed by atoms with Gasteiger partial charge in [0.2, 0.25) is 0 Å². The molecule has 0 atom stereocenters. The summed E-state index contributed by atoms with van der Waals surface area (Å²) in [4.78, 5) is 5.70. The minimum atomic E-state index is -5.47. The third kappa shape index (κ3) is 3.54. The molecule has 0 saturated heterocycles. The highest BCUT2D eigenvalue weighted by Gasteiger charge is 2.46. The molecule has 0 unspecified atom stereocenters. The van der Waals surface area contributed by atoms with Crippen LogP contribution in [-0.4, -0.2) is 25.2 Å². The fourth-order valence-electron chi connectivity index (χ4n) is 3.61. The molecular weight excluding hydrogens is 369 g/mol. The minimum absolute atomic E-state index is 0.102. The number of benzene rings is 1. The van der Waals surface area contributed by atoms with Crippen molar-refractivity contribution in [2.24, 2.45) is 5.16 Å². The summed E-state index contributed by atoms with van der Waals surface area (Å²) in [5, 5.41) is 4.18. The van der Waals surface area contributed by atoms with E-state index >= 15 is 0 Å². The lowest BCUT2D eigenvalue weighted by molar-refractivity contribution is -0.0450. The summed E-state index contributed by atoms with van der Waals surface area (Å²) in [5.74, 6) is 0. The molecule has 1 fully saturated rings. The molecule has 5 nitrogen and oxygen atoms in total. The second-order valence-corrected chi connectivity index (χ2v) is 8.76. The number of nitrogens with one attached hydrogen (secondary N) is 1. The number of halogens is 3. The van der Waals surface area contributed by atoms with Gasteiger partial charge in [0.1, 0.15) is 5.60 Å². The molecule has 0 aromatic heterocycles. The Kier molecular flexibility index (Phi) is 4.71. The fraction of sp³-hybridized carbons (Fsp3) is 0.588. The number of hydrogen-bond donors (Lipinski definition) is 1. The zero-order valence-electron chi connectivity index (χ0n) is 14.6. The van der Waals surface area contributed by atoms with Crippen molar-refractivity contribution in [1.82, 2.24) is 0 Å². The predicted molar refractivity (Wildman–Crippen MR) is 92.6 cm³/mol. The number of alkyl halides is 3. The van der Waals surface area contributed by atoms with Crippen LogP contribution < -0.4 is 4.72 Å². The van der Waals surface area contributed by atoms with Crippen LogP contribution in [-0.2, 0) is 14.9 Å². The maximum atomic E-state index is 12.7. The summed E-state index contributed by atoms with van der Waals surface area (Å²) in [5.41, 5.74) is -3.31. The first-order valence-corrected chi connectivity index (χ1v) is 9.97. The number of hydrogen-bond acceptors (Lipinski definition) is 4. The lowest BCUT2D eigenvalue weighted by Crippen LogP contribution is -2.32. The third-order valence-corrected chi connectivity index (χ3v) is 6.13. The van der Waals surface area contributed by atoms with E-state index < -0.39 is 15.5 Å². The Morgan fingerprint density at radius 3 is 2.38 bits per heavy atom. The summed E-state index contributed by atoms with van der Waals surface area (Å²) < 4.78 is 62.6. The van der Waals surface area contributed by atoms with E-state index in [-0.39, 0.29) is 11.3 Å². The molecule has 1 N–H and O–H groups in total. The van der Waals surface area contributed by atoms with Gasteiger partial charge in [0.25, 0.3) is 0 Å². The zero-order chi connectivity index (χ0) is 19.2. The molecule has 1 aromatic rings. The van der Waals surface area contributed by atoms with Crippen molar-refractivity contribution in [1.29, 1.82) is 0 Å². The van der Waals surface area contributed by atoms with Gasteiger partial charge in [-0.2, -0.15) is 21.6 Å². The molecule has 0 radical (unpaired) electrons. The van der Waals surface area contributed by atoms with E-state index in [2.05, 4.69) is 5.16 Å². The Balaban J connectivity index is 1.90. The van der Waals surface area contributed by atoms with E-state index in [1.165, 1.54) is 6.07 Å². The number of nitrogens with zero attached hydrogens (tertiary/aromatic N) is 1. The SMILES string of the molecule is Cc1cc(C)c(C2=NOC3(CCCCC3)C2)cc1NS(=O)(=O)C(F)(F)F. The normalized spacial score (nSPS) is 20.0. The van der Waals surface area contributed by atoms with E-state index in [9.17, 15) is 21.6 Å². The van der Waals surface area contributed by atoms with Crippen molar-refractivity contribution >= 4 is 21.4 Å². The first-order chi connectivity index (χ1) is 12.0. The Bertz CT molecular complexity index is 842. The highest BCUT2D eigenvalue weighted by molar-refractivity contribution is 7.93. The molecule has 26 heavy (non-hydrogen) atoms. The number of sulfonamides is 1. The van der Waals surface area contributed by atoms with Crippen LogP contribution in [0.3, 0.4) is 0 Å². The molecule has 1 spiro atoms. The zero-order valence-corrected chi connectivity index (χ0v) is 15.4. The van der Waals surface area contributed by atoms with Crippen LogP contribution in [0.4, 0.5) is 18.9 Å². The van der Waals surface area contributed by atoms with Gasteiger partial charge in [-0.1, -0.05) is 17.6 Å². The minimum Gasteiger partial charge on any atom is -0.389 e. The van der Waals surface area contributed by atoms with Crippen molar-refractivity contribution in [2.45, 2.75) is 63.5 Å². The van der Waals surface area contributed by atoms with Gasteiger partial charge < -0.3 is 4.84 Å². The van der Waals surface area contributed by atoms with Crippen molar-refractivity contribution in [3.8, 4) is 0 Å². The molecule has 1 aliphatic heterocycles. The summed E-state index contributed by atoms with van der Waals surface area (Å²) in [7, 11) is -5.47.